The van der Waals surface area contributed by atoms with Gasteiger partial charge in [-0.25, -0.2) is 9.13 Å². The highest BCUT2D eigenvalue weighted by Crippen LogP contribution is 2.29. The second kappa shape index (κ2) is 9.76. The smallest absolute Gasteiger partial charge is 0.219 e. The number of nitrogens with zero attached hydrogens (tertiary/aromatic N) is 2. The van der Waals surface area contributed by atoms with Crippen molar-refractivity contribution in [1.82, 2.24) is 4.57 Å². The third kappa shape index (κ3) is 4.25. The van der Waals surface area contributed by atoms with E-state index in [4.69, 9.17) is 0 Å². The number of rotatable bonds is 5. The van der Waals surface area contributed by atoms with Crippen LogP contribution < -0.4 is 4.57 Å². The Bertz CT molecular complexity index is 2100. The van der Waals surface area contributed by atoms with Gasteiger partial charge in [0.25, 0.3) is 5.82 Å². The molecule has 0 atom stereocenters. The summed E-state index contributed by atoms with van der Waals surface area (Å²) >= 11 is 0. The molecule has 0 aliphatic heterocycles. The Labute approximate surface area is 239 Å². The Kier molecular flexibility index (Phi) is 5.63. The molecule has 1 aromatic heterocycles. The van der Waals surface area contributed by atoms with Crippen molar-refractivity contribution in [1.29, 1.82) is 0 Å². The van der Waals surface area contributed by atoms with Crippen molar-refractivity contribution in [3.63, 3.8) is 0 Å². The summed E-state index contributed by atoms with van der Waals surface area (Å²) in [6, 6.07) is 55.3. The van der Waals surface area contributed by atoms with Crippen LogP contribution in [-0.4, -0.2) is 4.57 Å². The largest absolute Gasteiger partial charge is 0.290 e. The zero-order chi connectivity index (χ0) is 27.2. The van der Waals surface area contributed by atoms with Gasteiger partial charge in [-0.1, -0.05) is 115 Å². The van der Waals surface area contributed by atoms with Crippen molar-refractivity contribution >= 4 is 43.4 Å². The number of para-hydroxylation sites is 2. The van der Waals surface area contributed by atoms with Crippen LogP contribution in [0.5, 0.6) is 0 Å². The maximum Gasteiger partial charge on any atom is 0.290 e. The van der Waals surface area contributed by atoms with Crippen LogP contribution in [0.25, 0.3) is 54.7 Å². The molecule has 0 aliphatic rings. The molecule has 0 fully saturated rings. The lowest BCUT2D eigenvalue weighted by molar-refractivity contribution is -0.651. The summed E-state index contributed by atoms with van der Waals surface area (Å²) in [6.45, 7) is 1.58. The van der Waals surface area contributed by atoms with E-state index in [1.54, 1.807) is 0 Å². The fourth-order valence-corrected chi connectivity index (χ4v) is 6.29. The molecule has 0 amide bonds. The molecule has 0 unspecified atom stereocenters. The number of aromatic nitrogens is 2. The second-order valence-corrected chi connectivity index (χ2v) is 10.9. The van der Waals surface area contributed by atoms with Gasteiger partial charge in [0.2, 0.25) is 0 Å². The molecule has 2 nitrogen and oxygen atoms in total. The van der Waals surface area contributed by atoms with Crippen molar-refractivity contribution in [3.8, 4) is 11.4 Å². The maximum absolute atomic E-state index is 2.50. The van der Waals surface area contributed by atoms with Crippen LogP contribution in [0, 0.1) is 0 Å². The molecular weight excluding hydrogens is 496 g/mol. The molecule has 8 aromatic rings. The summed E-state index contributed by atoms with van der Waals surface area (Å²) in [5.74, 6) is 1.22. The number of hydrogen-bond acceptors (Lipinski definition) is 0. The van der Waals surface area contributed by atoms with E-state index in [9.17, 15) is 0 Å². The highest BCUT2D eigenvalue weighted by molar-refractivity contribution is 5.88. The molecule has 0 saturated heterocycles. The van der Waals surface area contributed by atoms with Crippen molar-refractivity contribution in [3.05, 3.63) is 163 Å². The van der Waals surface area contributed by atoms with E-state index >= 15 is 0 Å². The summed E-state index contributed by atoms with van der Waals surface area (Å²) in [7, 11) is 0. The molecule has 8 rings (SSSR count). The number of imidazole rings is 1. The molecule has 0 N–H and O–H groups in total. The number of hydrogen-bond donors (Lipinski definition) is 0. The minimum atomic E-state index is 0.790. The summed E-state index contributed by atoms with van der Waals surface area (Å²) in [6.07, 6.45) is 0. The zero-order valence-electron chi connectivity index (χ0n) is 22.7. The summed E-state index contributed by atoms with van der Waals surface area (Å²) in [4.78, 5) is 0. The second-order valence-electron chi connectivity index (χ2n) is 10.9. The predicted molar refractivity (Wildman–Crippen MR) is 171 cm³/mol. The Hall–Kier alpha value is -5.21. The quantitative estimate of drug-likeness (QED) is 0.198. The van der Waals surface area contributed by atoms with Gasteiger partial charge in [0.15, 0.2) is 11.0 Å². The van der Waals surface area contributed by atoms with Crippen LogP contribution in [-0.2, 0) is 13.1 Å². The lowest BCUT2D eigenvalue weighted by Gasteiger charge is -2.09. The van der Waals surface area contributed by atoms with Gasteiger partial charge in [-0.05, 0) is 79.8 Å². The average Bonchev–Trinajstić information content (AvgIpc) is 3.33. The Balaban J connectivity index is 1.35. The van der Waals surface area contributed by atoms with E-state index in [0.29, 0.717) is 0 Å². The van der Waals surface area contributed by atoms with Crippen molar-refractivity contribution in [2.24, 2.45) is 0 Å². The Morgan fingerprint density at radius 1 is 0.439 bits per heavy atom. The molecule has 0 aliphatic carbocycles. The molecular formula is C39H29N2+. The third-order valence-corrected chi connectivity index (χ3v) is 8.29. The van der Waals surface area contributed by atoms with E-state index in [-0.39, 0.29) is 0 Å². The molecule has 0 saturated carbocycles. The fourth-order valence-electron chi connectivity index (χ4n) is 6.29. The van der Waals surface area contributed by atoms with Crippen LogP contribution in [0.15, 0.2) is 152 Å². The van der Waals surface area contributed by atoms with Crippen LogP contribution in [0.4, 0.5) is 0 Å². The monoisotopic (exact) mass is 525 g/mol. The first-order chi connectivity index (χ1) is 20.3. The molecule has 7 aromatic carbocycles. The maximum atomic E-state index is 2.50. The lowest BCUT2D eigenvalue weighted by atomic mass is 10.1. The van der Waals surface area contributed by atoms with E-state index in [2.05, 4.69) is 161 Å². The molecule has 2 heteroatoms. The first-order valence-electron chi connectivity index (χ1n) is 14.3. The van der Waals surface area contributed by atoms with Crippen LogP contribution in [0.2, 0.25) is 0 Å². The van der Waals surface area contributed by atoms with Gasteiger partial charge in [0, 0.05) is 0 Å². The van der Waals surface area contributed by atoms with Gasteiger partial charge in [0.1, 0.15) is 13.1 Å². The minimum Gasteiger partial charge on any atom is -0.219 e. The topological polar surface area (TPSA) is 8.81 Å². The van der Waals surface area contributed by atoms with Crippen LogP contribution in [0.3, 0.4) is 0 Å². The Morgan fingerprint density at radius 2 is 0.951 bits per heavy atom. The van der Waals surface area contributed by atoms with Gasteiger partial charge in [-0.2, -0.15) is 0 Å². The summed E-state index contributed by atoms with van der Waals surface area (Å²) in [5.41, 5.74) is 6.30. The van der Waals surface area contributed by atoms with Crippen LogP contribution in [0.1, 0.15) is 11.1 Å². The van der Waals surface area contributed by atoms with E-state index < -0.39 is 0 Å². The third-order valence-electron chi connectivity index (χ3n) is 8.29. The van der Waals surface area contributed by atoms with E-state index in [1.807, 2.05) is 0 Å². The van der Waals surface area contributed by atoms with Crippen molar-refractivity contribution in [2.45, 2.75) is 13.1 Å². The van der Waals surface area contributed by atoms with Crippen molar-refractivity contribution < 1.29 is 4.57 Å². The van der Waals surface area contributed by atoms with Crippen LogP contribution >= 0.6 is 0 Å². The van der Waals surface area contributed by atoms with E-state index in [0.717, 1.165) is 13.1 Å². The van der Waals surface area contributed by atoms with Gasteiger partial charge in [-0.3, -0.25) is 0 Å². The minimum absolute atomic E-state index is 0.790. The highest BCUT2D eigenvalue weighted by Gasteiger charge is 2.27. The van der Waals surface area contributed by atoms with Gasteiger partial charge in [0.05, 0.1) is 5.56 Å². The number of fused-ring (bicyclic) bond motifs is 4. The fraction of sp³-hybridized carbons (Fsp3) is 0.0513. The standard InChI is InChI=1S/C39H29N2/c1-4-12-33-23-28(17-19-30(33)9-1)26-40-37-15-7-8-16-38(37)41(27-29-18-20-31-10-2-5-13-34(31)24-29)39(40)36-22-21-32-11-3-6-14-35(32)25-36/h1-25H,26-27H2/q+1. The predicted octanol–water partition coefficient (Wildman–Crippen LogP) is 9.15. The highest BCUT2D eigenvalue weighted by atomic mass is 15.2. The first-order valence-corrected chi connectivity index (χ1v) is 14.3. The summed E-state index contributed by atoms with van der Waals surface area (Å²) in [5, 5.41) is 7.61. The van der Waals surface area contributed by atoms with Crippen molar-refractivity contribution in [2.75, 3.05) is 0 Å². The molecule has 0 spiro atoms. The Morgan fingerprint density at radius 3 is 1.63 bits per heavy atom. The van der Waals surface area contributed by atoms with E-state index in [1.165, 1.54) is 65.9 Å². The van der Waals surface area contributed by atoms with Gasteiger partial charge < -0.3 is 0 Å². The normalized spacial score (nSPS) is 11.6. The molecule has 0 radical (unpaired) electrons. The molecule has 1 heterocycles. The first kappa shape index (κ1) is 23.7. The van der Waals surface area contributed by atoms with Gasteiger partial charge in [-0.15, -0.1) is 0 Å². The van der Waals surface area contributed by atoms with Gasteiger partial charge >= 0.3 is 0 Å². The molecule has 0 bridgehead atoms. The zero-order valence-corrected chi connectivity index (χ0v) is 22.7. The summed E-state index contributed by atoms with van der Waals surface area (Å²) < 4.78 is 5.01. The number of benzene rings is 7. The molecule has 41 heavy (non-hydrogen) atoms. The lowest BCUT2D eigenvalue weighted by Crippen LogP contribution is -2.36. The SMILES string of the molecule is c1ccc2cc(Cn3c(-c4ccc5ccccc5c4)[n+](Cc4ccc5ccccc5c4)c4ccccc43)ccc2c1. The average molecular weight is 526 g/mol. The molecule has 194 valence electrons.